The maximum Gasteiger partial charge on any atom is 0.146 e. The van der Waals surface area contributed by atoms with Gasteiger partial charge in [-0.05, 0) is 38.5 Å². The Morgan fingerprint density at radius 2 is 2.00 bits per heavy atom. The maximum atomic E-state index is 13.9. The molecule has 17 heavy (non-hydrogen) atoms. The number of hydrogen-bond acceptors (Lipinski definition) is 3. The summed E-state index contributed by atoms with van der Waals surface area (Å²) in [5.41, 5.74) is 0.419. The molecular formula is C13H20FNO2. The Labute approximate surface area is 101 Å². The number of rotatable bonds is 4. The number of aliphatic hydroxyl groups excluding tert-OH is 2. The van der Waals surface area contributed by atoms with E-state index in [1.165, 1.54) is 6.07 Å². The fraction of sp³-hybridized carbons (Fsp3) is 0.538. The molecule has 0 radical (unpaired) electrons. The zero-order chi connectivity index (χ0) is 13.2. The van der Waals surface area contributed by atoms with Crippen LogP contribution in [0.3, 0.4) is 0 Å². The largest absolute Gasteiger partial charge is 0.394 e. The van der Waals surface area contributed by atoms with E-state index in [1.54, 1.807) is 31.0 Å². The van der Waals surface area contributed by atoms with E-state index < -0.39 is 17.5 Å². The molecule has 1 atom stereocenters. The minimum atomic E-state index is -0.685. The lowest BCUT2D eigenvalue weighted by Gasteiger charge is -2.36. The van der Waals surface area contributed by atoms with E-state index in [2.05, 4.69) is 0 Å². The van der Waals surface area contributed by atoms with Crippen molar-refractivity contribution in [2.24, 2.45) is 0 Å². The molecule has 0 heterocycles. The van der Waals surface area contributed by atoms with Gasteiger partial charge in [-0.1, -0.05) is 6.07 Å². The van der Waals surface area contributed by atoms with Crippen LogP contribution >= 0.6 is 0 Å². The van der Waals surface area contributed by atoms with Crippen LogP contribution in [0.15, 0.2) is 18.2 Å². The average Bonchev–Trinajstić information content (AvgIpc) is 2.27. The lowest BCUT2D eigenvalue weighted by molar-refractivity contribution is 0.198. The molecule has 2 N–H and O–H groups in total. The molecule has 3 nitrogen and oxygen atoms in total. The normalized spacial score (nSPS) is 13.6. The number of aliphatic hydroxyl groups is 2. The summed E-state index contributed by atoms with van der Waals surface area (Å²) < 4.78 is 13.9. The van der Waals surface area contributed by atoms with Crippen LogP contribution < -0.4 is 4.90 Å². The van der Waals surface area contributed by atoms with Crippen LogP contribution in [0.1, 0.15) is 32.4 Å². The standard InChI is InChI=1S/C13H20FNO2/c1-9(17)10-5-6-12(11(14)7-10)15(4)13(2,3)8-16/h5-7,9,16-17H,8H2,1-4H3/t9-/m0/s1. The minimum Gasteiger partial charge on any atom is -0.394 e. The molecule has 0 aliphatic heterocycles. The highest BCUT2D eigenvalue weighted by Gasteiger charge is 2.25. The molecule has 0 spiro atoms. The van der Waals surface area contributed by atoms with Gasteiger partial charge in [0.1, 0.15) is 5.82 Å². The molecule has 1 rings (SSSR count). The van der Waals surface area contributed by atoms with E-state index in [9.17, 15) is 14.6 Å². The fourth-order valence-electron chi connectivity index (χ4n) is 1.49. The second-order valence-electron chi connectivity index (χ2n) is 4.92. The van der Waals surface area contributed by atoms with Crippen molar-refractivity contribution in [3.8, 4) is 0 Å². The number of benzene rings is 1. The van der Waals surface area contributed by atoms with Crippen molar-refractivity contribution in [1.29, 1.82) is 0 Å². The Hall–Kier alpha value is -1.13. The predicted molar refractivity (Wildman–Crippen MR) is 66.6 cm³/mol. The summed E-state index contributed by atoms with van der Waals surface area (Å²) >= 11 is 0. The second kappa shape index (κ2) is 5.02. The Morgan fingerprint density at radius 3 is 2.41 bits per heavy atom. The van der Waals surface area contributed by atoms with Gasteiger partial charge in [0.25, 0.3) is 0 Å². The van der Waals surface area contributed by atoms with Gasteiger partial charge in [-0.3, -0.25) is 0 Å². The first-order valence-corrected chi connectivity index (χ1v) is 5.62. The zero-order valence-electron chi connectivity index (χ0n) is 10.7. The summed E-state index contributed by atoms with van der Waals surface area (Å²) in [7, 11) is 1.73. The summed E-state index contributed by atoms with van der Waals surface area (Å²) in [4.78, 5) is 1.69. The molecule has 1 aromatic rings. The predicted octanol–water partition coefficient (Wildman–Crippen LogP) is 2.09. The summed E-state index contributed by atoms with van der Waals surface area (Å²) in [6, 6.07) is 4.63. The fourth-order valence-corrected chi connectivity index (χ4v) is 1.49. The van der Waals surface area contributed by atoms with E-state index in [0.717, 1.165) is 0 Å². The third-order valence-corrected chi connectivity index (χ3v) is 3.11. The Kier molecular flexibility index (Phi) is 4.11. The first-order valence-electron chi connectivity index (χ1n) is 5.62. The van der Waals surface area contributed by atoms with E-state index in [4.69, 9.17) is 0 Å². The Morgan fingerprint density at radius 1 is 1.41 bits per heavy atom. The third-order valence-electron chi connectivity index (χ3n) is 3.11. The SMILES string of the molecule is C[C@H](O)c1ccc(N(C)C(C)(C)CO)c(F)c1. The van der Waals surface area contributed by atoms with Crippen molar-refractivity contribution >= 4 is 5.69 Å². The molecule has 96 valence electrons. The number of likely N-dealkylation sites (N-methyl/N-ethyl adjacent to an activating group) is 1. The van der Waals surface area contributed by atoms with E-state index in [-0.39, 0.29) is 6.61 Å². The number of hydrogen-bond donors (Lipinski definition) is 2. The van der Waals surface area contributed by atoms with Gasteiger partial charge in [-0.15, -0.1) is 0 Å². The smallest absolute Gasteiger partial charge is 0.146 e. The monoisotopic (exact) mass is 241 g/mol. The van der Waals surface area contributed by atoms with E-state index >= 15 is 0 Å². The number of anilines is 1. The van der Waals surface area contributed by atoms with E-state index in [1.807, 2.05) is 13.8 Å². The highest BCUT2D eigenvalue weighted by molar-refractivity contribution is 5.50. The molecule has 0 fully saturated rings. The number of halogens is 1. The third kappa shape index (κ3) is 2.96. The van der Waals surface area contributed by atoms with Gasteiger partial charge in [0.2, 0.25) is 0 Å². The van der Waals surface area contributed by atoms with Crippen molar-refractivity contribution < 1.29 is 14.6 Å². The Bertz CT molecular complexity index is 391. The van der Waals surface area contributed by atoms with Crippen LogP contribution in [-0.4, -0.2) is 29.4 Å². The zero-order valence-corrected chi connectivity index (χ0v) is 10.7. The van der Waals surface area contributed by atoms with Gasteiger partial charge in [-0.2, -0.15) is 0 Å². The topological polar surface area (TPSA) is 43.7 Å². The average molecular weight is 241 g/mol. The molecule has 0 bridgehead atoms. The molecule has 0 saturated heterocycles. The van der Waals surface area contributed by atoms with Crippen LogP contribution in [-0.2, 0) is 0 Å². The van der Waals surface area contributed by atoms with Crippen LogP contribution in [0.5, 0.6) is 0 Å². The van der Waals surface area contributed by atoms with Gasteiger partial charge in [-0.25, -0.2) is 4.39 Å². The van der Waals surface area contributed by atoms with Gasteiger partial charge in [0, 0.05) is 7.05 Å². The first kappa shape index (κ1) is 13.9. The van der Waals surface area contributed by atoms with Crippen LogP contribution in [0.25, 0.3) is 0 Å². The molecular weight excluding hydrogens is 221 g/mol. The van der Waals surface area contributed by atoms with Gasteiger partial charge in [0.15, 0.2) is 0 Å². The van der Waals surface area contributed by atoms with Gasteiger partial charge < -0.3 is 15.1 Å². The molecule has 0 unspecified atom stereocenters. The molecule has 4 heteroatoms. The highest BCUT2D eigenvalue weighted by atomic mass is 19.1. The van der Waals surface area contributed by atoms with Crippen LogP contribution in [0, 0.1) is 5.82 Å². The molecule has 1 aromatic carbocycles. The molecule has 0 aliphatic carbocycles. The minimum absolute atomic E-state index is 0.0684. The van der Waals surface area contributed by atoms with E-state index in [0.29, 0.717) is 11.3 Å². The summed E-state index contributed by atoms with van der Waals surface area (Å²) in [5.74, 6) is -0.396. The molecule has 0 saturated carbocycles. The van der Waals surface area contributed by atoms with Crippen molar-refractivity contribution in [1.82, 2.24) is 0 Å². The van der Waals surface area contributed by atoms with Gasteiger partial charge in [0.05, 0.1) is 23.9 Å². The summed E-state index contributed by atoms with van der Waals surface area (Å²) in [6.07, 6.45) is -0.685. The van der Waals surface area contributed by atoms with Crippen LogP contribution in [0.2, 0.25) is 0 Å². The highest BCUT2D eigenvalue weighted by Crippen LogP contribution is 2.27. The van der Waals surface area contributed by atoms with Crippen molar-refractivity contribution in [2.45, 2.75) is 32.4 Å². The van der Waals surface area contributed by atoms with Gasteiger partial charge >= 0.3 is 0 Å². The lowest BCUT2D eigenvalue weighted by atomic mass is 10.0. The maximum absolute atomic E-state index is 13.9. The van der Waals surface area contributed by atoms with Crippen molar-refractivity contribution in [3.05, 3.63) is 29.6 Å². The Balaban J connectivity index is 3.08. The summed E-state index contributed by atoms with van der Waals surface area (Å²) in [6.45, 7) is 5.18. The molecule has 0 aliphatic rings. The second-order valence-corrected chi connectivity index (χ2v) is 4.92. The van der Waals surface area contributed by atoms with Crippen molar-refractivity contribution in [2.75, 3.05) is 18.6 Å². The quantitative estimate of drug-likeness (QED) is 0.848. The molecule has 0 aromatic heterocycles. The van der Waals surface area contributed by atoms with Crippen LogP contribution in [0.4, 0.5) is 10.1 Å². The first-order chi connectivity index (χ1) is 7.79. The van der Waals surface area contributed by atoms with Crippen molar-refractivity contribution in [3.63, 3.8) is 0 Å². The number of nitrogens with zero attached hydrogens (tertiary/aromatic N) is 1. The lowest BCUT2D eigenvalue weighted by Crippen LogP contribution is -2.44. The summed E-state index contributed by atoms with van der Waals surface area (Å²) in [5, 5.41) is 18.6. The molecule has 0 amide bonds.